The van der Waals surface area contributed by atoms with Gasteiger partial charge in [0.1, 0.15) is 0 Å². The average Bonchev–Trinajstić information content (AvgIpc) is 2.29. The number of alkyl halides is 3. The smallest absolute Gasteiger partial charge is 0.416 e. The summed E-state index contributed by atoms with van der Waals surface area (Å²) in [6.07, 6.45) is -4.96. The van der Waals surface area contributed by atoms with Crippen molar-refractivity contribution in [1.82, 2.24) is 0 Å². The van der Waals surface area contributed by atoms with Gasteiger partial charge in [-0.3, -0.25) is 9.59 Å². The van der Waals surface area contributed by atoms with Crippen LogP contribution in [0.4, 0.5) is 18.9 Å². The van der Waals surface area contributed by atoms with Crippen LogP contribution in [0.1, 0.15) is 25.8 Å². The number of carbonyl (C=O) groups is 2. The normalized spacial score (nSPS) is 12.1. The summed E-state index contributed by atoms with van der Waals surface area (Å²) in [7, 11) is 0. The van der Waals surface area contributed by atoms with Gasteiger partial charge in [-0.05, 0) is 32.0 Å². The molecule has 8 heteroatoms. The van der Waals surface area contributed by atoms with Crippen LogP contribution in [0.15, 0.2) is 18.2 Å². The van der Waals surface area contributed by atoms with Crippen molar-refractivity contribution in [2.45, 2.75) is 26.4 Å². The van der Waals surface area contributed by atoms with E-state index in [-0.39, 0.29) is 10.7 Å². The molecule has 1 aromatic carbocycles. The van der Waals surface area contributed by atoms with Crippen LogP contribution < -0.4 is 5.32 Å². The van der Waals surface area contributed by atoms with Gasteiger partial charge in [0.2, 0.25) is 5.91 Å². The highest BCUT2D eigenvalue weighted by Gasteiger charge is 2.32. The maximum atomic E-state index is 12.6. The monoisotopic (exact) mass is 323 g/mol. The topological polar surface area (TPSA) is 66.4 Å². The molecule has 1 aromatic rings. The van der Waals surface area contributed by atoms with Crippen molar-refractivity contribution in [3.63, 3.8) is 0 Å². The molecular formula is C13H13ClF3NO3. The van der Waals surface area contributed by atoms with Crippen molar-refractivity contribution in [3.05, 3.63) is 28.8 Å². The highest BCUT2D eigenvalue weighted by Crippen LogP contribution is 2.34. The minimum atomic E-state index is -4.57. The molecule has 0 aromatic heterocycles. The van der Waals surface area contributed by atoms with Crippen molar-refractivity contribution in [2.75, 3.05) is 5.32 Å². The van der Waals surface area contributed by atoms with Gasteiger partial charge < -0.3 is 10.4 Å². The zero-order valence-corrected chi connectivity index (χ0v) is 12.0. The minimum absolute atomic E-state index is 0.0653. The summed E-state index contributed by atoms with van der Waals surface area (Å²) in [4.78, 5) is 22.6. The molecule has 2 N–H and O–H groups in total. The number of hydrogen-bond acceptors (Lipinski definition) is 2. The summed E-state index contributed by atoms with van der Waals surface area (Å²) >= 11 is 5.73. The third-order valence-electron chi connectivity index (χ3n) is 2.75. The lowest BCUT2D eigenvalue weighted by Crippen LogP contribution is -2.29. The fourth-order valence-electron chi connectivity index (χ4n) is 1.47. The van der Waals surface area contributed by atoms with E-state index in [0.717, 1.165) is 12.1 Å². The molecule has 21 heavy (non-hydrogen) atoms. The zero-order chi connectivity index (χ0) is 16.4. The predicted octanol–water partition coefficient (Wildman–Crippen LogP) is 3.80. The number of carbonyl (C=O) groups excluding carboxylic acids is 1. The van der Waals surface area contributed by atoms with Crippen LogP contribution >= 0.6 is 11.6 Å². The van der Waals surface area contributed by atoms with Gasteiger partial charge in [-0.25, -0.2) is 0 Å². The highest BCUT2D eigenvalue weighted by atomic mass is 35.5. The Labute approximate surface area is 123 Å². The maximum absolute atomic E-state index is 12.6. The molecule has 0 aliphatic carbocycles. The molecule has 0 aliphatic heterocycles. The van der Waals surface area contributed by atoms with Crippen LogP contribution in [-0.4, -0.2) is 17.0 Å². The lowest BCUT2D eigenvalue weighted by molar-refractivity contribution is -0.149. The first kappa shape index (κ1) is 17.3. The van der Waals surface area contributed by atoms with Gasteiger partial charge in [0, 0.05) is 6.42 Å². The van der Waals surface area contributed by atoms with Crippen LogP contribution in [0.3, 0.4) is 0 Å². The number of halogens is 4. The lowest BCUT2D eigenvalue weighted by Gasteiger charge is -2.19. The number of benzene rings is 1. The van der Waals surface area contributed by atoms with Crippen molar-refractivity contribution in [3.8, 4) is 0 Å². The number of nitrogens with one attached hydrogen (secondary N) is 1. The van der Waals surface area contributed by atoms with Gasteiger partial charge in [0.15, 0.2) is 0 Å². The van der Waals surface area contributed by atoms with Gasteiger partial charge in [0.25, 0.3) is 0 Å². The number of aliphatic carboxylic acids is 1. The Morgan fingerprint density at radius 2 is 1.86 bits per heavy atom. The molecule has 0 radical (unpaired) electrons. The SMILES string of the molecule is CC(C)(CC(=O)Nc1cc(C(F)(F)F)ccc1Cl)C(=O)O. The highest BCUT2D eigenvalue weighted by molar-refractivity contribution is 6.33. The molecule has 0 heterocycles. The van der Waals surface area contributed by atoms with Crippen molar-refractivity contribution in [2.24, 2.45) is 5.41 Å². The summed E-state index contributed by atoms with van der Waals surface area (Å²) in [6.45, 7) is 2.67. The molecule has 0 unspecified atom stereocenters. The minimum Gasteiger partial charge on any atom is -0.481 e. The van der Waals surface area contributed by atoms with Crippen LogP contribution in [0, 0.1) is 5.41 Å². The molecule has 1 amide bonds. The Hall–Kier alpha value is -1.76. The van der Waals surface area contributed by atoms with E-state index in [9.17, 15) is 22.8 Å². The molecule has 0 atom stereocenters. The number of rotatable bonds is 4. The number of carboxylic acid groups (broad SMARTS) is 1. The van der Waals surface area contributed by atoms with E-state index in [1.807, 2.05) is 0 Å². The summed E-state index contributed by atoms with van der Waals surface area (Å²) in [6, 6.07) is 2.51. The van der Waals surface area contributed by atoms with Gasteiger partial charge in [0.05, 0.1) is 21.7 Å². The standard InChI is InChI=1S/C13H13ClF3NO3/c1-12(2,11(20)21)6-10(19)18-9-5-7(13(15,16)17)3-4-8(9)14/h3-5H,6H2,1-2H3,(H,18,19)(H,20,21). The fraction of sp³-hybridized carbons (Fsp3) is 0.385. The van der Waals surface area contributed by atoms with Crippen molar-refractivity contribution in [1.29, 1.82) is 0 Å². The quantitative estimate of drug-likeness (QED) is 0.885. The maximum Gasteiger partial charge on any atom is 0.416 e. The number of anilines is 1. The van der Waals surface area contributed by atoms with E-state index in [1.54, 1.807) is 0 Å². The van der Waals surface area contributed by atoms with E-state index in [0.29, 0.717) is 6.07 Å². The van der Waals surface area contributed by atoms with Crippen LogP contribution in [0.2, 0.25) is 5.02 Å². The molecule has 4 nitrogen and oxygen atoms in total. The van der Waals surface area contributed by atoms with Gasteiger partial charge >= 0.3 is 12.1 Å². The van der Waals surface area contributed by atoms with Gasteiger partial charge in [-0.1, -0.05) is 11.6 Å². The second-order valence-corrected chi connectivity index (χ2v) is 5.51. The zero-order valence-electron chi connectivity index (χ0n) is 11.2. The molecule has 0 aliphatic rings. The Kier molecular flexibility index (Phi) is 4.88. The molecule has 0 saturated heterocycles. The second kappa shape index (κ2) is 5.93. The number of hydrogen-bond donors (Lipinski definition) is 2. The Bertz CT molecular complexity index is 570. The molecule has 1 rings (SSSR count). The van der Waals surface area contributed by atoms with Crippen molar-refractivity contribution >= 4 is 29.2 Å². The van der Waals surface area contributed by atoms with E-state index in [1.165, 1.54) is 13.8 Å². The first-order valence-corrected chi connectivity index (χ1v) is 6.21. The first-order valence-electron chi connectivity index (χ1n) is 5.83. The summed E-state index contributed by atoms with van der Waals surface area (Å²) in [5.41, 5.74) is -2.50. The molecule has 0 fully saturated rings. The number of amides is 1. The average molecular weight is 324 g/mol. The van der Waals surface area contributed by atoms with E-state index in [2.05, 4.69) is 5.32 Å². The number of carboxylic acids is 1. The summed E-state index contributed by atoms with van der Waals surface area (Å²) in [5.74, 6) is -1.92. The largest absolute Gasteiger partial charge is 0.481 e. The Morgan fingerprint density at radius 1 is 1.29 bits per heavy atom. The third kappa shape index (κ3) is 4.63. The van der Waals surface area contributed by atoms with Gasteiger partial charge in [-0.2, -0.15) is 13.2 Å². The van der Waals surface area contributed by atoms with E-state index >= 15 is 0 Å². The predicted molar refractivity (Wildman–Crippen MR) is 71.1 cm³/mol. The molecule has 0 spiro atoms. The van der Waals surface area contributed by atoms with Gasteiger partial charge in [-0.15, -0.1) is 0 Å². The Morgan fingerprint density at radius 3 is 2.33 bits per heavy atom. The third-order valence-corrected chi connectivity index (χ3v) is 3.08. The molecule has 0 saturated carbocycles. The molecule has 0 bridgehead atoms. The first-order chi connectivity index (χ1) is 9.43. The summed E-state index contributed by atoms with van der Waals surface area (Å²) < 4.78 is 37.7. The molecular weight excluding hydrogens is 311 g/mol. The van der Waals surface area contributed by atoms with E-state index < -0.39 is 35.5 Å². The van der Waals surface area contributed by atoms with Crippen LogP contribution in [-0.2, 0) is 15.8 Å². The lowest BCUT2D eigenvalue weighted by atomic mass is 9.89. The Balaban J connectivity index is 2.93. The summed E-state index contributed by atoms with van der Waals surface area (Å²) in [5, 5.41) is 11.0. The fourth-order valence-corrected chi connectivity index (χ4v) is 1.63. The second-order valence-electron chi connectivity index (χ2n) is 5.11. The molecule has 116 valence electrons. The van der Waals surface area contributed by atoms with Crippen molar-refractivity contribution < 1.29 is 27.9 Å². The van der Waals surface area contributed by atoms with Crippen LogP contribution in [0.5, 0.6) is 0 Å². The van der Waals surface area contributed by atoms with Crippen LogP contribution in [0.25, 0.3) is 0 Å². The van der Waals surface area contributed by atoms with E-state index in [4.69, 9.17) is 16.7 Å².